The van der Waals surface area contributed by atoms with Crippen molar-refractivity contribution in [2.75, 3.05) is 19.6 Å². The van der Waals surface area contributed by atoms with Crippen LogP contribution < -0.4 is 5.32 Å². The maximum absolute atomic E-state index is 12.1. The van der Waals surface area contributed by atoms with E-state index >= 15 is 0 Å². The van der Waals surface area contributed by atoms with Crippen LogP contribution in [-0.4, -0.2) is 42.9 Å². The standard InChI is InChI=1S/C12H22F2N2O/c1-8(2)12(17)16-6-9(3)4-10(7-16)15-5-11(13)14/h8-11,15H,4-7H2,1-3H3. The van der Waals surface area contributed by atoms with Crippen LogP contribution in [-0.2, 0) is 4.79 Å². The van der Waals surface area contributed by atoms with Gasteiger partial charge in [-0.1, -0.05) is 20.8 Å². The van der Waals surface area contributed by atoms with Crippen molar-refractivity contribution in [1.29, 1.82) is 0 Å². The third-order valence-corrected chi connectivity index (χ3v) is 3.03. The summed E-state index contributed by atoms with van der Waals surface area (Å²) in [6.07, 6.45) is -1.48. The molecule has 2 atom stereocenters. The summed E-state index contributed by atoms with van der Waals surface area (Å²) in [6.45, 7) is 6.78. The van der Waals surface area contributed by atoms with Crippen molar-refractivity contribution in [3.8, 4) is 0 Å². The Morgan fingerprint density at radius 2 is 2.06 bits per heavy atom. The Kier molecular flexibility index (Phi) is 5.31. The third-order valence-electron chi connectivity index (χ3n) is 3.03. The molecule has 1 fully saturated rings. The summed E-state index contributed by atoms with van der Waals surface area (Å²) < 4.78 is 24.3. The summed E-state index contributed by atoms with van der Waals surface area (Å²) in [5.74, 6) is 0.443. The molecule has 1 heterocycles. The van der Waals surface area contributed by atoms with E-state index in [1.54, 1.807) is 4.90 Å². The van der Waals surface area contributed by atoms with E-state index in [0.717, 1.165) is 13.0 Å². The van der Waals surface area contributed by atoms with Gasteiger partial charge in [0.2, 0.25) is 5.91 Å². The number of amides is 1. The van der Waals surface area contributed by atoms with Crippen LogP contribution in [0.1, 0.15) is 27.2 Å². The molecule has 0 bridgehead atoms. The second kappa shape index (κ2) is 6.28. The Morgan fingerprint density at radius 1 is 1.41 bits per heavy atom. The molecule has 3 nitrogen and oxygen atoms in total. The molecule has 0 spiro atoms. The predicted molar refractivity (Wildman–Crippen MR) is 63.0 cm³/mol. The molecule has 0 aromatic heterocycles. The van der Waals surface area contributed by atoms with E-state index in [0.29, 0.717) is 12.5 Å². The lowest BCUT2D eigenvalue weighted by molar-refractivity contribution is -0.136. The van der Waals surface area contributed by atoms with Crippen LogP contribution in [0.2, 0.25) is 0 Å². The largest absolute Gasteiger partial charge is 0.341 e. The molecule has 0 saturated carbocycles. The summed E-state index contributed by atoms with van der Waals surface area (Å²) in [7, 11) is 0. The number of piperidine rings is 1. The van der Waals surface area contributed by atoms with Crippen molar-refractivity contribution >= 4 is 5.91 Å². The van der Waals surface area contributed by atoms with E-state index in [-0.39, 0.29) is 24.4 Å². The number of nitrogens with one attached hydrogen (secondary N) is 1. The lowest BCUT2D eigenvalue weighted by atomic mass is 9.95. The summed E-state index contributed by atoms with van der Waals surface area (Å²) >= 11 is 0. The molecular formula is C12H22F2N2O. The second-order valence-electron chi connectivity index (χ2n) is 5.24. The fourth-order valence-corrected chi connectivity index (χ4v) is 2.30. The van der Waals surface area contributed by atoms with Crippen LogP contribution in [0.25, 0.3) is 0 Å². The van der Waals surface area contributed by atoms with Crippen LogP contribution in [0.4, 0.5) is 8.78 Å². The quantitative estimate of drug-likeness (QED) is 0.822. The average Bonchev–Trinajstić information content (AvgIpc) is 2.24. The highest BCUT2D eigenvalue weighted by Crippen LogP contribution is 2.18. The Hall–Kier alpha value is -0.710. The fourth-order valence-electron chi connectivity index (χ4n) is 2.30. The minimum Gasteiger partial charge on any atom is -0.341 e. The van der Waals surface area contributed by atoms with Gasteiger partial charge in [-0.25, -0.2) is 8.78 Å². The lowest BCUT2D eigenvalue weighted by Crippen LogP contribution is -2.52. The van der Waals surface area contributed by atoms with E-state index in [9.17, 15) is 13.6 Å². The van der Waals surface area contributed by atoms with Crippen molar-refractivity contribution in [2.24, 2.45) is 11.8 Å². The number of hydrogen-bond donors (Lipinski definition) is 1. The van der Waals surface area contributed by atoms with Crippen molar-refractivity contribution in [2.45, 2.75) is 39.7 Å². The first-order valence-corrected chi connectivity index (χ1v) is 6.20. The first kappa shape index (κ1) is 14.4. The van der Waals surface area contributed by atoms with E-state index in [1.165, 1.54) is 0 Å². The molecule has 0 aliphatic carbocycles. The molecule has 17 heavy (non-hydrogen) atoms. The molecule has 1 aliphatic heterocycles. The van der Waals surface area contributed by atoms with Crippen LogP contribution >= 0.6 is 0 Å². The highest BCUT2D eigenvalue weighted by atomic mass is 19.3. The molecule has 1 N–H and O–H groups in total. The van der Waals surface area contributed by atoms with Crippen LogP contribution in [0.5, 0.6) is 0 Å². The molecule has 100 valence electrons. The zero-order chi connectivity index (χ0) is 13.0. The van der Waals surface area contributed by atoms with Gasteiger partial charge in [0.1, 0.15) is 0 Å². The number of hydrogen-bond acceptors (Lipinski definition) is 2. The van der Waals surface area contributed by atoms with Gasteiger partial charge in [-0.2, -0.15) is 0 Å². The van der Waals surface area contributed by atoms with E-state index < -0.39 is 6.43 Å². The number of likely N-dealkylation sites (tertiary alicyclic amines) is 1. The van der Waals surface area contributed by atoms with Crippen molar-refractivity contribution in [3.63, 3.8) is 0 Å². The predicted octanol–water partition coefficient (Wildman–Crippen LogP) is 1.73. The first-order valence-electron chi connectivity index (χ1n) is 6.20. The summed E-state index contributed by atoms with van der Waals surface area (Å²) in [6, 6.07) is -0.00421. The minimum atomic E-state index is -2.33. The zero-order valence-electron chi connectivity index (χ0n) is 10.7. The van der Waals surface area contributed by atoms with Crippen molar-refractivity contribution in [3.05, 3.63) is 0 Å². The first-order chi connectivity index (χ1) is 7.90. The van der Waals surface area contributed by atoms with Gasteiger partial charge in [0.25, 0.3) is 6.43 Å². The van der Waals surface area contributed by atoms with Gasteiger partial charge in [0, 0.05) is 25.0 Å². The Balaban J connectivity index is 2.50. The minimum absolute atomic E-state index is 0.00421. The van der Waals surface area contributed by atoms with E-state index in [1.807, 2.05) is 13.8 Å². The maximum Gasteiger partial charge on any atom is 0.250 e. The Labute approximate surface area is 102 Å². The molecule has 1 aliphatic rings. The smallest absolute Gasteiger partial charge is 0.250 e. The van der Waals surface area contributed by atoms with Gasteiger partial charge < -0.3 is 10.2 Å². The maximum atomic E-state index is 12.1. The topological polar surface area (TPSA) is 32.3 Å². The molecule has 2 unspecified atom stereocenters. The van der Waals surface area contributed by atoms with Gasteiger partial charge in [-0.05, 0) is 12.3 Å². The molecule has 5 heteroatoms. The number of carbonyl (C=O) groups is 1. The normalized spacial score (nSPS) is 25.7. The number of alkyl halides is 2. The van der Waals surface area contributed by atoms with Gasteiger partial charge in [0.05, 0.1) is 6.54 Å². The number of halogens is 2. The molecular weight excluding hydrogens is 226 g/mol. The summed E-state index contributed by atoms with van der Waals surface area (Å²) in [5.41, 5.74) is 0. The third kappa shape index (κ3) is 4.58. The van der Waals surface area contributed by atoms with Gasteiger partial charge in [-0.3, -0.25) is 4.79 Å². The van der Waals surface area contributed by atoms with E-state index in [4.69, 9.17) is 0 Å². The van der Waals surface area contributed by atoms with Gasteiger partial charge in [-0.15, -0.1) is 0 Å². The second-order valence-corrected chi connectivity index (χ2v) is 5.24. The molecule has 0 aromatic carbocycles. The van der Waals surface area contributed by atoms with Gasteiger partial charge >= 0.3 is 0 Å². The van der Waals surface area contributed by atoms with Crippen molar-refractivity contribution in [1.82, 2.24) is 10.2 Å². The highest BCUT2D eigenvalue weighted by molar-refractivity contribution is 5.78. The van der Waals surface area contributed by atoms with Crippen molar-refractivity contribution < 1.29 is 13.6 Å². The lowest BCUT2D eigenvalue weighted by Gasteiger charge is -2.37. The summed E-state index contributed by atoms with van der Waals surface area (Å²) in [5, 5.41) is 2.83. The van der Waals surface area contributed by atoms with Crippen LogP contribution in [0, 0.1) is 11.8 Å². The molecule has 1 saturated heterocycles. The average molecular weight is 248 g/mol. The summed E-state index contributed by atoms with van der Waals surface area (Å²) in [4.78, 5) is 13.7. The number of rotatable bonds is 4. The Morgan fingerprint density at radius 3 is 2.59 bits per heavy atom. The zero-order valence-corrected chi connectivity index (χ0v) is 10.7. The highest BCUT2D eigenvalue weighted by Gasteiger charge is 2.28. The van der Waals surface area contributed by atoms with Crippen LogP contribution in [0.15, 0.2) is 0 Å². The van der Waals surface area contributed by atoms with Crippen LogP contribution in [0.3, 0.4) is 0 Å². The Bertz CT molecular complexity index is 259. The van der Waals surface area contributed by atoms with E-state index in [2.05, 4.69) is 12.2 Å². The number of nitrogens with zero attached hydrogens (tertiary/aromatic N) is 1. The number of carbonyl (C=O) groups excluding carboxylic acids is 1. The van der Waals surface area contributed by atoms with Gasteiger partial charge in [0.15, 0.2) is 0 Å². The molecule has 0 radical (unpaired) electrons. The fraction of sp³-hybridized carbons (Fsp3) is 0.917. The molecule has 0 aromatic rings. The SMILES string of the molecule is CC1CC(NCC(F)F)CN(C(=O)C(C)C)C1. The molecule has 1 rings (SSSR count). The monoisotopic (exact) mass is 248 g/mol. The molecule has 1 amide bonds.